The lowest BCUT2D eigenvalue weighted by atomic mass is 10.0. The van der Waals surface area contributed by atoms with Crippen LogP contribution in [0.3, 0.4) is 0 Å². The lowest BCUT2D eigenvalue weighted by Crippen LogP contribution is -2.45. The minimum atomic E-state index is -3.80. The van der Waals surface area contributed by atoms with Crippen LogP contribution in [0.5, 0.6) is 0 Å². The molecule has 5 rings (SSSR count). The van der Waals surface area contributed by atoms with Crippen molar-refractivity contribution in [1.82, 2.24) is 20.4 Å². The first-order valence-corrected chi connectivity index (χ1v) is 15.6. The van der Waals surface area contributed by atoms with E-state index in [0.29, 0.717) is 40.8 Å². The molecule has 0 saturated heterocycles. The number of amides is 2. The van der Waals surface area contributed by atoms with Crippen LogP contribution in [0, 0.1) is 5.92 Å². The molecule has 2 saturated carbocycles. The van der Waals surface area contributed by atoms with Crippen LogP contribution in [-0.4, -0.2) is 62.1 Å². The predicted molar refractivity (Wildman–Crippen MR) is 153 cm³/mol. The summed E-state index contributed by atoms with van der Waals surface area (Å²) in [6.07, 6.45) is 3.38. The molecule has 0 aliphatic heterocycles. The standard InChI is InChI=1S/C27H30BrN5O6S/c1-15(30-27(36)39-26(35)17-6-7-17)14-32(40(3,37)38)23-13-22-21(12-20(23)16-4-5-16)24(25(34)29-2)33(31-22)19-10-8-18(28)9-11-19/h8-13,15-17H,4-7,14H2,1-3H3,(H,29,34)(H,30,36). The second kappa shape index (κ2) is 10.8. The van der Waals surface area contributed by atoms with Gasteiger partial charge in [-0.2, -0.15) is 5.10 Å². The molecule has 2 fully saturated rings. The number of hydrogen-bond acceptors (Lipinski definition) is 7. The van der Waals surface area contributed by atoms with Crippen molar-refractivity contribution in [2.24, 2.45) is 5.92 Å². The van der Waals surface area contributed by atoms with Gasteiger partial charge in [-0.3, -0.25) is 13.9 Å². The Morgan fingerprint density at radius 3 is 2.40 bits per heavy atom. The van der Waals surface area contributed by atoms with Crippen LogP contribution in [0.1, 0.15) is 54.6 Å². The molecule has 212 valence electrons. The summed E-state index contributed by atoms with van der Waals surface area (Å²) < 4.78 is 34.7. The first-order chi connectivity index (χ1) is 19.0. The van der Waals surface area contributed by atoms with Crippen molar-refractivity contribution in [2.75, 3.05) is 24.2 Å². The average Bonchev–Trinajstić information content (AvgIpc) is 3.82. The van der Waals surface area contributed by atoms with Crippen molar-refractivity contribution < 1.29 is 27.5 Å². The minimum Gasteiger partial charge on any atom is -0.376 e. The van der Waals surface area contributed by atoms with E-state index in [1.54, 1.807) is 24.7 Å². The predicted octanol–water partition coefficient (Wildman–Crippen LogP) is 3.84. The number of carbonyl (C=O) groups excluding carboxylic acids is 3. The molecule has 1 atom stereocenters. The van der Waals surface area contributed by atoms with Crippen LogP contribution >= 0.6 is 15.9 Å². The Kier molecular flexibility index (Phi) is 7.62. The lowest BCUT2D eigenvalue weighted by Gasteiger charge is -2.28. The molecule has 1 unspecified atom stereocenters. The fourth-order valence-electron chi connectivity index (χ4n) is 4.61. The number of nitrogens with one attached hydrogen (secondary N) is 2. The monoisotopic (exact) mass is 631 g/mol. The number of fused-ring (bicyclic) bond motifs is 1. The molecule has 2 amide bonds. The second-order valence-electron chi connectivity index (χ2n) is 10.3. The zero-order valence-corrected chi connectivity index (χ0v) is 24.7. The Morgan fingerprint density at radius 1 is 1.15 bits per heavy atom. The Hall–Kier alpha value is -3.45. The maximum absolute atomic E-state index is 13.1. The molecule has 3 aromatic rings. The smallest absolute Gasteiger partial charge is 0.376 e. The number of ether oxygens (including phenoxy) is 1. The number of nitrogens with zero attached hydrogens (tertiary/aromatic N) is 3. The Bertz CT molecular complexity index is 1600. The first kappa shape index (κ1) is 28.1. The van der Waals surface area contributed by atoms with Gasteiger partial charge in [0.15, 0.2) is 0 Å². The lowest BCUT2D eigenvalue weighted by molar-refractivity contribution is -0.138. The SMILES string of the molecule is CNC(=O)c1c2cc(C3CC3)c(N(CC(C)NC(=O)OC(=O)C3CC3)S(C)(=O)=O)cc2nn1-c1ccc(Br)cc1. The van der Waals surface area contributed by atoms with Gasteiger partial charge in [0, 0.05) is 22.9 Å². The van der Waals surface area contributed by atoms with E-state index in [9.17, 15) is 22.8 Å². The van der Waals surface area contributed by atoms with Crippen LogP contribution in [0.2, 0.25) is 0 Å². The molecule has 40 heavy (non-hydrogen) atoms. The molecule has 1 aromatic heterocycles. The number of aromatic nitrogens is 2. The van der Waals surface area contributed by atoms with Crippen molar-refractivity contribution in [1.29, 1.82) is 0 Å². The summed E-state index contributed by atoms with van der Waals surface area (Å²) in [7, 11) is -2.25. The van der Waals surface area contributed by atoms with Crippen molar-refractivity contribution >= 4 is 60.5 Å². The fourth-order valence-corrected chi connectivity index (χ4v) is 5.89. The van der Waals surface area contributed by atoms with Gasteiger partial charge < -0.3 is 15.4 Å². The topological polar surface area (TPSA) is 140 Å². The van der Waals surface area contributed by atoms with Gasteiger partial charge in [-0.25, -0.2) is 17.9 Å². The maximum atomic E-state index is 13.1. The highest BCUT2D eigenvalue weighted by Crippen LogP contribution is 2.46. The Labute approximate surface area is 240 Å². The molecule has 1 heterocycles. The highest BCUT2D eigenvalue weighted by molar-refractivity contribution is 9.10. The van der Waals surface area contributed by atoms with E-state index in [4.69, 9.17) is 9.84 Å². The normalized spacial score (nSPS) is 15.9. The van der Waals surface area contributed by atoms with E-state index in [1.165, 1.54) is 4.31 Å². The van der Waals surface area contributed by atoms with E-state index in [1.807, 2.05) is 30.3 Å². The van der Waals surface area contributed by atoms with Crippen LogP contribution in [0.25, 0.3) is 16.6 Å². The fraction of sp³-hybridized carbons (Fsp3) is 0.407. The number of carbonyl (C=O) groups is 3. The van der Waals surface area contributed by atoms with E-state index in [0.717, 1.165) is 29.1 Å². The average molecular weight is 633 g/mol. The van der Waals surface area contributed by atoms with Crippen LogP contribution in [-0.2, 0) is 19.6 Å². The second-order valence-corrected chi connectivity index (χ2v) is 13.2. The maximum Gasteiger partial charge on any atom is 0.415 e. The molecule has 13 heteroatoms. The molecule has 2 N–H and O–H groups in total. The molecule has 0 spiro atoms. The quantitative estimate of drug-likeness (QED) is 0.270. The summed E-state index contributed by atoms with van der Waals surface area (Å²) in [5, 5.41) is 10.6. The molecule has 0 bridgehead atoms. The van der Waals surface area contributed by atoms with Crippen LogP contribution < -0.4 is 14.9 Å². The summed E-state index contributed by atoms with van der Waals surface area (Å²) in [6.45, 7) is 1.55. The van der Waals surface area contributed by atoms with E-state index in [-0.39, 0.29) is 24.3 Å². The van der Waals surface area contributed by atoms with Crippen molar-refractivity contribution in [2.45, 2.75) is 44.6 Å². The summed E-state index contributed by atoms with van der Waals surface area (Å²) in [6, 6.07) is 10.2. The summed E-state index contributed by atoms with van der Waals surface area (Å²) in [4.78, 5) is 37.1. The van der Waals surface area contributed by atoms with Gasteiger partial charge in [0.2, 0.25) is 10.0 Å². The van der Waals surface area contributed by atoms with Crippen LogP contribution in [0.4, 0.5) is 10.5 Å². The van der Waals surface area contributed by atoms with Gasteiger partial charge in [-0.1, -0.05) is 15.9 Å². The van der Waals surface area contributed by atoms with Gasteiger partial charge in [0.25, 0.3) is 5.91 Å². The van der Waals surface area contributed by atoms with Crippen molar-refractivity contribution in [3.8, 4) is 5.69 Å². The Morgan fingerprint density at radius 2 is 1.82 bits per heavy atom. The highest BCUT2D eigenvalue weighted by Gasteiger charge is 2.35. The minimum absolute atomic E-state index is 0.0908. The van der Waals surface area contributed by atoms with Gasteiger partial charge in [-0.05, 0) is 80.5 Å². The number of sulfonamides is 1. The zero-order valence-electron chi connectivity index (χ0n) is 22.3. The number of rotatable bonds is 9. The third kappa shape index (κ3) is 5.99. The van der Waals surface area contributed by atoms with Gasteiger partial charge >= 0.3 is 12.1 Å². The number of esters is 1. The van der Waals surface area contributed by atoms with Crippen LogP contribution in [0.15, 0.2) is 40.9 Å². The van der Waals surface area contributed by atoms with Gasteiger partial charge in [0.05, 0.1) is 35.6 Å². The number of hydrogen-bond donors (Lipinski definition) is 2. The molecular formula is C27H30BrN5O6S. The van der Waals surface area contributed by atoms with E-state index >= 15 is 0 Å². The molecule has 2 aromatic carbocycles. The van der Waals surface area contributed by atoms with Gasteiger partial charge in [0.1, 0.15) is 5.69 Å². The molecule has 2 aliphatic carbocycles. The number of benzene rings is 2. The molecular weight excluding hydrogens is 602 g/mol. The van der Waals surface area contributed by atoms with Gasteiger partial charge in [-0.15, -0.1) is 0 Å². The Balaban J connectivity index is 1.54. The largest absolute Gasteiger partial charge is 0.415 e. The number of halogens is 1. The van der Waals surface area contributed by atoms with Crippen molar-refractivity contribution in [3.05, 3.63) is 52.1 Å². The summed E-state index contributed by atoms with van der Waals surface area (Å²) in [5.41, 5.74) is 2.70. The summed E-state index contributed by atoms with van der Waals surface area (Å²) in [5.74, 6) is -1.00. The third-order valence-electron chi connectivity index (χ3n) is 6.93. The molecule has 11 nitrogen and oxygen atoms in total. The first-order valence-electron chi connectivity index (χ1n) is 13.0. The molecule has 2 aliphatic rings. The number of alkyl carbamates (subject to hydrolysis) is 1. The molecule has 0 radical (unpaired) electrons. The van der Waals surface area contributed by atoms with Crippen molar-refractivity contribution in [3.63, 3.8) is 0 Å². The van der Waals surface area contributed by atoms with E-state index in [2.05, 4.69) is 26.6 Å². The van der Waals surface area contributed by atoms with E-state index < -0.39 is 28.1 Å². The zero-order chi connectivity index (χ0) is 28.8. The summed E-state index contributed by atoms with van der Waals surface area (Å²) >= 11 is 3.42. The highest BCUT2D eigenvalue weighted by atomic mass is 79.9. The third-order valence-corrected chi connectivity index (χ3v) is 8.60. The number of anilines is 1.